The van der Waals surface area contributed by atoms with Crippen LogP contribution < -0.4 is 20.1 Å². The molecule has 0 aliphatic carbocycles. The topological polar surface area (TPSA) is 90.7 Å². The molecule has 8 heteroatoms. The highest BCUT2D eigenvalue weighted by atomic mass is 16.5. The number of nitrogens with one attached hydrogen (secondary N) is 2. The van der Waals surface area contributed by atoms with Crippen molar-refractivity contribution in [1.29, 1.82) is 0 Å². The molecule has 0 bridgehead atoms. The van der Waals surface area contributed by atoms with E-state index < -0.39 is 0 Å². The molecule has 8 nitrogen and oxygen atoms in total. The Morgan fingerprint density at radius 1 is 0.935 bits per heavy atom. The van der Waals surface area contributed by atoms with E-state index in [1.807, 2.05) is 18.2 Å². The molecule has 0 saturated carbocycles. The smallest absolute Gasteiger partial charge is 0.323 e. The number of aromatic amines is 2. The van der Waals surface area contributed by atoms with E-state index in [4.69, 9.17) is 9.47 Å². The molecule has 2 heterocycles. The lowest BCUT2D eigenvalue weighted by Crippen LogP contribution is -2.46. The van der Waals surface area contributed by atoms with Gasteiger partial charge in [0.1, 0.15) is 17.2 Å². The number of piperazine rings is 1. The minimum atomic E-state index is -0.375. The standard InChI is InChI=1S/C23H26N4O4/c1-30-17-9-7-16(8-10-17)22(28)21-18(24-23(29)25-21)15-26-11-13-27(14-12-26)19-5-3-4-6-20(19)31-2/h3-10H,11-15H2,1-2H3,(H2,24,25,29). The third kappa shape index (κ3) is 4.49. The number of hydrogen-bond donors (Lipinski definition) is 2. The molecule has 1 saturated heterocycles. The number of para-hydroxylation sites is 2. The summed E-state index contributed by atoms with van der Waals surface area (Å²) in [7, 11) is 3.25. The maximum atomic E-state index is 13.0. The molecule has 0 spiro atoms. The van der Waals surface area contributed by atoms with Gasteiger partial charge in [0.2, 0.25) is 5.78 Å². The first-order chi connectivity index (χ1) is 15.1. The van der Waals surface area contributed by atoms with Gasteiger partial charge in [0, 0.05) is 38.3 Å². The maximum Gasteiger partial charge on any atom is 0.323 e. The van der Waals surface area contributed by atoms with Gasteiger partial charge < -0.3 is 24.3 Å². The Bertz CT molecular complexity index is 1100. The van der Waals surface area contributed by atoms with E-state index in [-0.39, 0.29) is 11.5 Å². The highest BCUT2D eigenvalue weighted by molar-refractivity contribution is 6.08. The van der Waals surface area contributed by atoms with Gasteiger partial charge in [-0.3, -0.25) is 9.69 Å². The van der Waals surface area contributed by atoms with Gasteiger partial charge in [-0.05, 0) is 36.4 Å². The number of imidazole rings is 1. The molecule has 31 heavy (non-hydrogen) atoms. The van der Waals surface area contributed by atoms with E-state index in [2.05, 4.69) is 25.8 Å². The molecular formula is C23H26N4O4. The first-order valence-corrected chi connectivity index (χ1v) is 10.2. The summed E-state index contributed by atoms with van der Waals surface area (Å²) >= 11 is 0. The van der Waals surface area contributed by atoms with Gasteiger partial charge in [0.05, 0.1) is 25.6 Å². The van der Waals surface area contributed by atoms with Crippen molar-refractivity contribution in [2.75, 3.05) is 45.3 Å². The lowest BCUT2D eigenvalue weighted by Gasteiger charge is -2.36. The van der Waals surface area contributed by atoms with Crippen molar-refractivity contribution in [2.45, 2.75) is 6.54 Å². The fourth-order valence-corrected chi connectivity index (χ4v) is 3.88. The number of ether oxygens (including phenoxy) is 2. The SMILES string of the molecule is COc1ccc(C(=O)c2[nH]c(=O)[nH]c2CN2CCN(c3ccccc3OC)CC2)cc1. The number of nitrogens with zero attached hydrogens (tertiary/aromatic N) is 2. The third-order valence-electron chi connectivity index (χ3n) is 5.56. The van der Waals surface area contributed by atoms with Gasteiger partial charge in [-0.2, -0.15) is 0 Å². The van der Waals surface area contributed by atoms with E-state index >= 15 is 0 Å². The molecule has 2 aromatic carbocycles. The molecule has 0 unspecified atom stereocenters. The number of ketones is 1. The summed E-state index contributed by atoms with van der Waals surface area (Å²) in [6, 6.07) is 14.8. The van der Waals surface area contributed by atoms with Crippen LogP contribution in [0.4, 0.5) is 5.69 Å². The molecule has 1 fully saturated rings. The fraction of sp³-hybridized carbons (Fsp3) is 0.304. The first kappa shape index (κ1) is 20.7. The molecule has 0 amide bonds. The van der Waals surface area contributed by atoms with Crippen LogP contribution in [0.15, 0.2) is 53.3 Å². The van der Waals surface area contributed by atoms with Crippen LogP contribution in [0.5, 0.6) is 11.5 Å². The second kappa shape index (κ2) is 9.09. The van der Waals surface area contributed by atoms with Crippen LogP contribution in [0, 0.1) is 0 Å². The van der Waals surface area contributed by atoms with Gasteiger partial charge in [-0.25, -0.2) is 4.79 Å². The van der Waals surface area contributed by atoms with E-state index in [1.165, 1.54) is 0 Å². The number of benzene rings is 2. The van der Waals surface area contributed by atoms with E-state index in [0.717, 1.165) is 37.6 Å². The number of carbonyl (C=O) groups excluding carboxylic acids is 1. The number of H-pyrrole nitrogens is 2. The van der Waals surface area contributed by atoms with Crippen molar-refractivity contribution in [3.63, 3.8) is 0 Å². The number of methoxy groups -OCH3 is 2. The van der Waals surface area contributed by atoms with Crippen LogP contribution in [0.1, 0.15) is 21.7 Å². The molecule has 162 valence electrons. The summed E-state index contributed by atoms with van der Waals surface area (Å²) in [6.07, 6.45) is 0. The third-order valence-corrected chi connectivity index (χ3v) is 5.56. The van der Waals surface area contributed by atoms with Crippen molar-refractivity contribution < 1.29 is 14.3 Å². The molecule has 2 N–H and O–H groups in total. The second-order valence-corrected chi connectivity index (χ2v) is 7.43. The quantitative estimate of drug-likeness (QED) is 0.568. The molecular weight excluding hydrogens is 396 g/mol. The number of carbonyl (C=O) groups is 1. The Morgan fingerprint density at radius 3 is 2.32 bits per heavy atom. The number of rotatable bonds is 7. The lowest BCUT2D eigenvalue weighted by molar-refractivity contribution is 0.103. The average Bonchev–Trinajstić information content (AvgIpc) is 3.19. The second-order valence-electron chi connectivity index (χ2n) is 7.43. The van der Waals surface area contributed by atoms with Gasteiger partial charge >= 0.3 is 5.69 Å². The number of anilines is 1. The largest absolute Gasteiger partial charge is 0.497 e. The van der Waals surface area contributed by atoms with E-state index in [1.54, 1.807) is 38.5 Å². The summed E-state index contributed by atoms with van der Waals surface area (Å²) in [6.45, 7) is 3.77. The molecule has 1 aromatic heterocycles. The molecule has 1 aliphatic heterocycles. The number of aromatic nitrogens is 2. The number of hydrogen-bond acceptors (Lipinski definition) is 6. The average molecular weight is 422 g/mol. The molecule has 0 atom stereocenters. The summed E-state index contributed by atoms with van der Waals surface area (Å²) < 4.78 is 10.6. The Hall–Kier alpha value is -3.52. The zero-order valence-electron chi connectivity index (χ0n) is 17.7. The van der Waals surface area contributed by atoms with Gasteiger partial charge in [0.25, 0.3) is 0 Å². The van der Waals surface area contributed by atoms with Crippen LogP contribution in [-0.2, 0) is 6.54 Å². The minimum Gasteiger partial charge on any atom is -0.497 e. The lowest BCUT2D eigenvalue weighted by atomic mass is 10.1. The minimum absolute atomic E-state index is 0.219. The Labute approximate surface area is 180 Å². The highest BCUT2D eigenvalue weighted by Crippen LogP contribution is 2.28. The molecule has 0 radical (unpaired) electrons. The Morgan fingerprint density at radius 2 is 1.65 bits per heavy atom. The van der Waals surface area contributed by atoms with Crippen LogP contribution >= 0.6 is 0 Å². The Kier molecular flexibility index (Phi) is 6.08. The predicted molar refractivity (Wildman–Crippen MR) is 118 cm³/mol. The fourth-order valence-electron chi connectivity index (χ4n) is 3.88. The monoisotopic (exact) mass is 422 g/mol. The van der Waals surface area contributed by atoms with E-state index in [0.29, 0.717) is 29.2 Å². The van der Waals surface area contributed by atoms with Crippen LogP contribution in [0.2, 0.25) is 0 Å². The predicted octanol–water partition coefficient (Wildman–Crippen LogP) is 2.27. The van der Waals surface area contributed by atoms with Crippen LogP contribution in [0.25, 0.3) is 0 Å². The highest BCUT2D eigenvalue weighted by Gasteiger charge is 2.23. The summed E-state index contributed by atoms with van der Waals surface area (Å²) in [5.41, 5.74) is 2.12. The zero-order valence-corrected chi connectivity index (χ0v) is 17.7. The van der Waals surface area contributed by atoms with E-state index in [9.17, 15) is 9.59 Å². The van der Waals surface area contributed by atoms with Crippen LogP contribution in [-0.4, -0.2) is 61.0 Å². The normalized spacial score (nSPS) is 14.5. The zero-order chi connectivity index (χ0) is 21.8. The molecule has 1 aliphatic rings. The molecule has 3 aromatic rings. The Balaban J connectivity index is 1.45. The first-order valence-electron chi connectivity index (χ1n) is 10.2. The molecule has 4 rings (SSSR count). The van der Waals surface area contributed by atoms with Crippen molar-refractivity contribution in [1.82, 2.24) is 14.9 Å². The van der Waals surface area contributed by atoms with Crippen molar-refractivity contribution >= 4 is 11.5 Å². The van der Waals surface area contributed by atoms with Crippen molar-refractivity contribution in [3.8, 4) is 11.5 Å². The van der Waals surface area contributed by atoms with Crippen molar-refractivity contribution in [2.24, 2.45) is 0 Å². The summed E-state index contributed by atoms with van der Waals surface area (Å²) in [5, 5.41) is 0. The van der Waals surface area contributed by atoms with Gasteiger partial charge in [0.15, 0.2) is 0 Å². The maximum absolute atomic E-state index is 13.0. The van der Waals surface area contributed by atoms with Gasteiger partial charge in [-0.15, -0.1) is 0 Å². The van der Waals surface area contributed by atoms with Crippen molar-refractivity contribution in [3.05, 3.63) is 76.0 Å². The van der Waals surface area contributed by atoms with Crippen LogP contribution in [0.3, 0.4) is 0 Å². The summed E-state index contributed by atoms with van der Waals surface area (Å²) in [4.78, 5) is 34.9. The van der Waals surface area contributed by atoms with Gasteiger partial charge in [-0.1, -0.05) is 12.1 Å². The summed E-state index contributed by atoms with van der Waals surface area (Å²) in [5.74, 6) is 1.31.